The summed E-state index contributed by atoms with van der Waals surface area (Å²) in [4.78, 5) is 11.3. The zero-order chi connectivity index (χ0) is 11.4. The van der Waals surface area contributed by atoms with E-state index in [1.54, 1.807) is 0 Å². The van der Waals surface area contributed by atoms with Crippen molar-refractivity contribution in [2.24, 2.45) is 20.7 Å². The molecular weight excluding hydrogens is 208 g/mol. The summed E-state index contributed by atoms with van der Waals surface area (Å²) in [7, 11) is 1.32. The molecule has 0 fully saturated rings. The first-order valence-electron chi connectivity index (χ1n) is 4.73. The second-order valence-corrected chi connectivity index (χ2v) is 3.31. The summed E-state index contributed by atoms with van der Waals surface area (Å²) >= 11 is 0. The van der Waals surface area contributed by atoms with Gasteiger partial charge in [-0.1, -0.05) is 30.3 Å². The molecule has 0 aromatic heterocycles. The quantitative estimate of drug-likeness (QED) is 0.729. The molecule has 1 aliphatic heterocycles. The zero-order valence-corrected chi connectivity index (χ0v) is 8.70. The molecule has 1 aromatic rings. The number of esters is 1. The Kier molecular flexibility index (Phi) is 2.72. The van der Waals surface area contributed by atoms with Crippen LogP contribution in [0.4, 0.5) is 0 Å². The molecule has 6 nitrogen and oxygen atoms in total. The molecule has 0 unspecified atom stereocenters. The largest absolute Gasteiger partial charge is 0.469 e. The lowest BCUT2D eigenvalue weighted by Crippen LogP contribution is -2.23. The van der Waals surface area contributed by atoms with E-state index in [4.69, 9.17) is 0 Å². The van der Waals surface area contributed by atoms with Gasteiger partial charge in [0, 0.05) is 5.56 Å². The van der Waals surface area contributed by atoms with Crippen LogP contribution in [-0.4, -0.2) is 13.1 Å². The molecule has 1 aliphatic rings. The minimum Gasteiger partial charge on any atom is -0.469 e. The summed E-state index contributed by atoms with van der Waals surface area (Å²) in [6.45, 7) is 0. The van der Waals surface area contributed by atoms with E-state index in [1.165, 1.54) is 7.11 Å². The molecule has 0 amide bonds. The predicted molar refractivity (Wildman–Crippen MR) is 54.5 cm³/mol. The maximum Gasteiger partial charge on any atom is 0.310 e. The number of nitrogens with zero attached hydrogens (tertiary/aromatic N) is 4. The molecule has 1 heterocycles. The lowest BCUT2D eigenvalue weighted by atomic mass is 9.98. The van der Waals surface area contributed by atoms with E-state index in [2.05, 4.69) is 25.4 Å². The molecule has 0 spiro atoms. The van der Waals surface area contributed by atoms with Crippen LogP contribution in [0, 0.1) is 0 Å². The first kappa shape index (κ1) is 10.4. The van der Waals surface area contributed by atoms with E-state index in [9.17, 15) is 4.79 Å². The van der Waals surface area contributed by atoms with E-state index < -0.39 is 11.6 Å². The normalized spacial score (nSPS) is 16.3. The van der Waals surface area contributed by atoms with Gasteiger partial charge in [-0.3, -0.25) is 4.79 Å². The van der Waals surface area contributed by atoms with Gasteiger partial charge in [0.2, 0.25) is 5.66 Å². The number of benzene rings is 1. The molecule has 0 radical (unpaired) electrons. The third kappa shape index (κ3) is 1.81. The van der Waals surface area contributed by atoms with Crippen molar-refractivity contribution in [3.8, 4) is 0 Å². The maximum absolute atomic E-state index is 11.3. The Morgan fingerprint density at radius 1 is 1.25 bits per heavy atom. The van der Waals surface area contributed by atoms with Crippen molar-refractivity contribution in [3.05, 3.63) is 35.9 Å². The van der Waals surface area contributed by atoms with Gasteiger partial charge in [-0.15, -0.1) is 10.2 Å². The molecule has 0 bridgehead atoms. The highest BCUT2D eigenvalue weighted by Gasteiger charge is 2.38. The fraction of sp³-hybridized carbons (Fsp3) is 0.300. The monoisotopic (exact) mass is 218 g/mol. The van der Waals surface area contributed by atoms with Crippen molar-refractivity contribution >= 4 is 5.97 Å². The van der Waals surface area contributed by atoms with Crippen molar-refractivity contribution < 1.29 is 9.53 Å². The summed E-state index contributed by atoms with van der Waals surface area (Å²) in [6.07, 6.45) is 0.000509. The Morgan fingerprint density at radius 3 is 2.44 bits per heavy atom. The number of rotatable bonds is 3. The number of ether oxygens (including phenoxy) is 1. The van der Waals surface area contributed by atoms with Crippen molar-refractivity contribution in [1.82, 2.24) is 0 Å². The van der Waals surface area contributed by atoms with Crippen LogP contribution in [0.15, 0.2) is 51.0 Å². The second-order valence-electron chi connectivity index (χ2n) is 3.31. The highest BCUT2D eigenvalue weighted by molar-refractivity contribution is 5.71. The number of hydrogen-bond donors (Lipinski definition) is 0. The van der Waals surface area contributed by atoms with Crippen LogP contribution in [0.5, 0.6) is 0 Å². The highest BCUT2D eigenvalue weighted by Crippen LogP contribution is 2.35. The van der Waals surface area contributed by atoms with Crippen molar-refractivity contribution in [1.29, 1.82) is 0 Å². The van der Waals surface area contributed by atoms with E-state index in [-0.39, 0.29) is 6.42 Å². The third-order valence-corrected chi connectivity index (χ3v) is 2.31. The predicted octanol–water partition coefficient (Wildman–Crippen LogP) is 2.24. The molecule has 16 heavy (non-hydrogen) atoms. The van der Waals surface area contributed by atoms with Crippen LogP contribution in [0.2, 0.25) is 0 Å². The fourth-order valence-electron chi connectivity index (χ4n) is 1.47. The van der Waals surface area contributed by atoms with Gasteiger partial charge in [0.05, 0.1) is 13.5 Å². The average molecular weight is 218 g/mol. The van der Waals surface area contributed by atoms with Gasteiger partial charge in [0.25, 0.3) is 0 Å². The Morgan fingerprint density at radius 2 is 1.88 bits per heavy atom. The lowest BCUT2D eigenvalue weighted by molar-refractivity contribution is -0.142. The van der Waals surface area contributed by atoms with Crippen LogP contribution in [0.3, 0.4) is 0 Å². The molecular formula is C10H10N4O2. The topological polar surface area (TPSA) is 75.7 Å². The molecule has 0 saturated heterocycles. The Labute approximate surface area is 92.0 Å². The molecule has 6 heteroatoms. The van der Waals surface area contributed by atoms with E-state index in [1.807, 2.05) is 30.3 Å². The van der Waals surface area contributed by atoms with E-state index in [0.29, 0.717) is 0 Å². The Bertz CT molecular complexity index is 429. The molecule has 1 aromatic carbocycles. The zero-order valence-electron chi connectivity index (χ0n) is 8.70. The summed E-state index contributed by atoms with van der Waals surface area (Å²) < 4.78 is 4.62. The minimum atomic E-state index is -1.05. The van der Waals surface area contributed by atoms with Crippen LogP contribution in [-0.2, 0) is 15.2 Å². The summed E-state index contributed by atoms with van der Waals surface area (Å²) in [5.41, 5.74) is -0.278. The molecule has 0 aliphatic carbocycles. The minimum absolute atomic E-state index is 0.000509. The van der Waals surface area contributed by atoms with Gasteiger partial charge < -0.3 is 4.74 Å². The average Bonchev–Trinajstić information content (AvgIpc) is 2.80. The van der Waals surface area contributed by atoms with Gasteiger partial charge >= 0.3 is 5.97 Å². The standard InChI is InChI=1S/C10H10N4O2/c1-16-9(15)7-10(11-13-14-12-10)8-5-3-2-4-6-8/h2-6H,7H2,1H3. The first-order valence-corrected chi connectivity index (χ1v) is 4.73. The Hall–Kier alpha value is -2.11. The van der Waals surface area contributed by atoms with Crippen LogP contribution < -0.4 is 0 Å². The lowest BCUT2D eigenvalue weighted by Gasteiger charge is -2.18. The van der Waals surface area contributed by atoms with Crippen molar-refractivity contribution in [3.63, 3.8) is 0 Å². The SMILES string of the molecule is COC(=O)CC1(c2ccccc2)N=NN=N1. The van der Waals surface area contributed by atoms with Crippen molar-refractivity contribution in [2.75, 3.05) is 7.11 Å². The number of carbonyl (C=O) groups is 1. The molecule has 0 atom stereocenters. The molecule has 2 rings (SSSR count). The summed E-state index contributed by atoms with van der Waals surface area (Å²) in [5, 5.41) is 14.8. The van der Waals surface area contributed by atoms with Gasteiger partial charge in [-0.25, -0.2) is 0 Å². The van der Waals surface area contributed by atoms with Crippen LogP contribution >= 0.6 is 0 Å². The van der Waals surface area contributed by atoms with Gasteiger partial charge in [0.15, 0.2) is 0 Å². The fourth-order valence-corrected chi connectivity index (χ4v) is 1.47. The van der Waals surface area contributed by atoms with E-state index in [0.717, 1.165) is 5.56 Å². The number of hydrogen-bond acceptors (Lipinski definition) is 6. The maximum atomic E-state index is 11.3. The summed E-state index contributed by atoms with van der Waals surface area (Å²) in [5.74, 6) is -0.399. The number of carbonyl (C=O) groups excluding carboxylic acids is 1. The highest BCUT2D eigenvalue weighted by atomic mass is 16.5. The molecule has 82 valence electrons. The van der Waals surface area contributed by atoms with Gasteiger partial charge in [-0.2, -0.15) is 0 Å². The van der Waals surface area contributed by atoms with Gasteiger partial charge in [0.1, 0.15) is 0 Å². The first-order chi connectivity index (χ1) is 7.77. The summed E-state index contributed by atoms with van der Waals surface area (Å²) in [6, 6.07) is 9.21. The second kappa shape index (κ2) is 4.18. The number of methoxy groups -OCH3 is 1. The molecule has 0 N–H and O–H groups in total. The Balaban J connectivity index is 2.34. The van der Waals surface area contributed by atoms with Crippen LogP contribution in [0.1, 0.15) is 12.0 Å². The third-order valence-electron chi connectivity index (χ3n) is 2.31. The van der Waals surface area contributed by atoms with Crippen LogP contribution in [0.25, 0.3) is 0 Å². The van der Waals surface area contributed by atoms with E-state index >= 15 is 0 Å². The van der Waals surface area contributed by atoms with Gasteiger partial charge in [-0.05, 0) is 10.4 Å². The van der Waals surface area contributed by atoms with Crippen molar-refractivity contribution in [2.45, 2.75) is 12.1 Å². The smallest absolute Gasteiger partial charge is 0.310 e. The molecule has 0 saturated carbocycles.